The van der Waals surface area contributed by atoms with Crippen molar-refractivity contribution in [3.8, 4) is 5.69 Å². The molecule has 0 bridgehead atoms. The molecule has 2 rings (SSSR count). The molecule has 0 fully saturated rings. The standard InChI is InChI=1S/C11H13N3O/c12-8-11(15)9-2-4-10(5-3-9)14-7-1-6-13-14/h1-7,11,15H,8,12H2/t11-/m1/s1. The van der Waals surface area contributed by atoms with Crippen molar-refractivity contribution in [1.82, 2.24) is 9.78 Å². The lowest BCUT2D eigenvalue weighted by Crippen LogP contribution is -2.11. The Morgan fingerprint density at radius 1 is 1.33 bits per heavy atom. The molecule has 3 N–H and O–H groups in total. The lowest BCUT2D eigenvalue weighted by Gasteiger charge is -2.08. The van der Waals surface area contributed by atoms with Gasteiger partial charge < -0.3 is 10.8 Å². The first-order valence-electron chi connectivity index (χ1n) is 4.79. The number of hydrogen-bond donors (Lipinski definition) is 2. The van der Waals surface area contributed by atoms with E-state index < -0.39 is 6.10 Å². The first-order chi connectivity index (χ1) is 7.31. The Morgan fingerprint density at radius 2 is 2.07 bits per heavy atom. The van der Waals surface area contributed by atoms with Gasteiger partial charge in [-0.15, -0.1) is 0 Å². The van der Waals surface area contributed by atoms with E-state index in [0.29, 0.717) is 0 Å². The second-order valence-electron chi connectivity index (χ2n) is 3.29. The van der Waals surface area contributed by atoms with Crippen LogP contribution < -0.4 is 5.73 Å². The van der Waals surface area contributed by atoms with Gasteiger partial charge in [-0.3, -0.25) is 0 Å². The molecule has 1 aromatic carbocycles. The van der Waals surface area contributed by atoms with Crippen molar-refractivity contribution in [1.29, 1.82) is 0 Å². The number of rotatable bonds is 3. The van der Waals surface area contributed by atoms with Gasteiger partial charge in [0, 0.05) is 18.9 Å². The van der Waals surface area contributed by atoms with E-state index in [-0.39, 0.29) is 6.54 Å². The molecule has 1 heterocycles. The van der Waals surface area contributed by atoms with Crippen LogP contribution in [0.2, 0.25) is 0 Å². The van der Waals surface area contributed by atoms with Crippen molar-refractivity contribution in [2.75, 3.05) is 6.54 Å². The highest BCUT2D eigenvalue weighted by molar-refractivity contribution is 5.34. The smallest absolute Gasteiger partial charge is 0.0912 e. The minimum absolute atomic E-state index is 0.237. The highest BCUT2D eigenvalue weighted by Crippen LogP contribution is 2.14. The Morgan fingerprint density at radius 3 is 2.60 bits per heavy atom. The third kappa shape index (κ3) is 2.06. The second-order valence-corrected chi connectivity index (χ2v) is 3.29. The van der Waals surface area contributed by atoms with Crippen LogP contribution in [0.1, 0.15) is 11.7 Å². The molecule has 0 radical (unpaired) electrons. The van der Waals surface area contributed by atoms with Gasteiger partial charge in [0.05, 0.1) is 11.8 Å². The van der Waals surface area contributed by atoms with E-state index in [4.69, 9.17) is 5.73 Å². The lowest BCUT2D eigenvalue weighted by molar-refractivity contribution is 0.187. The molecule has 0 saturated heterocycles. The van der Waals surface area contributed by atoms with Crippen LogP contribution in [0, 0.1) is 0 Å². The number of nitrogens with two attached hydrogens (primary N) is 1. The van der Waals surface area contributed by atoms with E-state index in [2.05, 4.69) is 5.10 Å². The summed E-state index contributed by atoms with van der Waals surface area (Å²) in [5.41, 5.74) is 7.16. The van der Waals surface area contributed by atoms with Crippen molar-refractivity contribution in [3.05, 3.63) is 48.3 Å². The number of hydrogen-bond acceptors (Lipinski definition) is 3. The van der Waals surface area contributed by atoms with Crippen LogP contribution in [0.3, 0.4) is 0 Å². The van der Waals surface area contributed by atoms with Gasteiger partial charge in [0.25, 0.3) is 0 Å². The average Bonchev–Trinajstić information content (AvgIpc) is 2.82. The summed E-state index contributed by atoms with van der Waals surface area (Å²) in [5.74, 6) is 0. The summed E-state index contributed by atoms with van der Waals surface area (Å²) in [5, 5.41) is 13.6. The molecule has 0 spiro atoms. The summed E-state index contributed by atoms with van der Waals surface area (Å²) in [6, 6.07) is 9.38. The molecule has 15 heavy (non-hydrogen) atoms. The number of aromatic nitrogens is 2. The van der Waals surface area contributed by atoms with E-state index in [1.165, 1.54) is 0 Å². The molecule has 4 nitrogen and oxygen atoms in total. The maximum atomic E-state index is 9.50. The zero-order valence-electron chi connectivity index (χ0n) is 8.24. The van der Waals surface area contributed by atoms with E-state index >= 15 is 0 Å². The third-order valence-electron chi connectivity index (χ3n) is 2.27. The third-order valence-corrected chi connectivity index (χ3v) is 2.27. The molecule has 0 aliphatic carbocycles. The largest absolute Gasteiger partial charge is 0.387 e. The Kier molecular flexibility index (Phi) is 2.80. The van der Waals surface area contributed by atoms with Crippen molar-refractivity contribution < 1.29 is 5.11 Å². The van der Waals surface area contributed by atoms with Crippen molar-refractivity contribution >= 4 is 0 Å². The van der Waals surface area contributed by atoms with Crippen LogP contribution in [0.4, 0.5) is 0 Å². The Bertz CT molecular complexity index is 408. The maximum Gasteiger partial charge on any atom is 0.0912 e. The molecule has 4 heteroatoms. The Hall–Kier alpha value is -1.65. The molecule has 1 aromatic heterocycles. The summed E-state index contributed by atoms with van der Waals surface area (Å²) < 4.78 is 1.76. The topological polar surface area (TPSA) is 64.1 Å². The van der Waals surface area contributed by atoms with Gasteiger partial charge in [0.15, 0.2) is 0 Å². The van der Waals surface area contributed by atoms with Crippen LogP contribution in [-0.4, -0.2) is 21.4 Å². The van der Waals surface area contributed by atoms with Crippen LogP contribution in [0.15, 0.2) is 42.7 Å². The summed E-state index contributed by atoms with van der Waals surface area (Å²) in [4.78, 5) is 0. The van der Waals surface area contributed by atoms with Crippen LogP contribution in [0.5, 0.6) is 0 Å². The zero-order chi connectivity index (χ0) is 10.7. The first-order valence-corrected chi connectivity index (χ1v) is 4.79. The number of benzene rings is 1. The van der Waals surface area contributed by atoms with Crippen LogP contribution in [0.25, 0.3) is 5.69 Å². The van der Waals surface area contributed by atoms with E-state index in [0.717, 1.165) is 11.3 Å². The molecule has 0 unspecified atom stereocenters. The van der Waals surface area contributed by atoms with Gasteiger partial charge in [-0.1, -0.05) is 12.1 Å². The van der Waals surface area contributed by atoms with Gasteiger partial charge in [-0.05, 0) is 23.8 Å². The number of aliphatic hydroxyl groups excluding tert-OH is 1. The summed E-state index contributed by atoms with van der Waals surface area (Å²) in [6.45, 7) is 0.237. The SMILES string of the molecule is NC[C@@H](O)c1ccc(-n2cccn2)cc1. The monoisotopic (exact) mass is 203 g/mol. The van der Waals surface area contributed by atoms with Crippen LogP contribution >= 0.6 is 0 Å². The highest BCUT2D eigenvalue weighted by Gasteiger charge is 2.04. The van der Waals surface area contributed by atoms with Crippen molar-refractivity contribution in [3.63, 3.8) is 0 Å². The molecular formula is C11H13N3O. The van der Waals surface area contributed by atoms with E-state index in [1.807, 2.05) is 36.5 Å². The summed E-state index contributed by atoms with van der Waals surface area (Å²) in [6.07, 6.45) is 3.01. The molecule has 0 amide bonds. The number of nitrogens with zero attached hydrogens (tertiary/aromatic N) is 2. The summed E-state index contributed by atoms with van der Waals surface area (Å²) >= 11 is 0. The Labute approximate surface area is 88.0 Å². The first kappa shape index (κ1) is 9.89. The Balaban J connectivity index is 2.25. The highest BCUT2D eigenvalue weighted by atomic mass is 16.3. The van der Waals surface area contributed by atoms with E-state index in [1.54, 1.807) is 10.9 Å². The molecule has 78 valence electrons. The van der Waals surface area contributed by atoms with Gasteiger partial charge in [0.2, 0.25) is 0 Å². The van der Waals surface area contributed by atoms with Gasteiger partial charge in [-0.25, -0.2) is 4.68 Å². The molecule has 2 aromatic rings. The fraction of sp³-hybridized carbons (Fsp3) is 0.182. The number of aliphatic hydroxyl groups is 1. The van der Waals surface area contributed by atoms with Crippen LogP contribution in [-0.2, 0) is 0 Å². The van der Waals surface area contributed by atoms with Crippen molar-refractivity contribution in [2.24, 2.45) is 5.73 Å². The fourth-order valence-corrected chi connectivity index (χ4v) is 1.41. The van der Waals surface area contributed by atoms with E-state index in [9.17, 15) is 5.11 Å². The lowest BCUT2D eigenvalue weighted by atomic mass is 10.1. The second kappa shape index (κ2) is 4.25. The normalized spacial score (nSPS) is 12.7. The zero-order valence-corrected chi connectivity index (χ0v) is 8.24. The molecular weight excluding hydrogens is 190 g/mol. The molecule has 1 atom stereocenters. The van der Waals surface area contributed by atoms with Gasteiger partial charge in [-0.2, -0.15) is 5.10 Å². The predicted octanol–water partition coefficient (Wildman–Crippen LogP) is 0.864. The quantitative estimate of drug-likeness (QED) is 0.777. The van der Waals surface area contributed by atoms with Gasteiger partial charge >= 0.3 is 0 Å². The average molecular weight is 203 g/mol. The molecule has 0 saturated carbocycles. The minimum atomic E-state index is -0.586. The van der Waals surface area contributed by atoms with Crippen molar-refractivity contribution in [2.45, 2.75) is 6.10 Å². The maximum absolute atomic E-state index is 9.50. The predicted molar refractivity (Wildman–Crippen MR) is 57.6 cm³/mol. The molecule has 0 aliphatic rings. The fourth-order valence-electron chi connectivity index (χ4n) is 1.41. The molecule has 0 aliphatic heterocycles. The van der Waals surface area contributed by atoms with Gasteiger partial charge in [0.1, 0.15) is 0 Å². The summed E-state index contributed by atoms with van der Waals surface area (Å²) in [7, 11) is 0. The minimum Gasteiger partial charge on any atom is -0.387 e.